The zero-order valence-electron chi connectivity index (χ0n) is 14.7. The molecule has 3 aromatic rings. The van der Waals surface area contributed by atoms with Crippen LogP contribution in [0.4, 0.5) is 32.0 Å². The second kappa shape index (κ2) is 7.55. The Morgan fingerprint density at radius 1 is 0.933 bits per heavy atom. The molecule has 1 N–H and O–H groups in total. The largest absolute Gasteiger partial charge is 0.435 e. The molecular weight excluding hydrogens is 414 g/mol. The van der Waals surface area contributed by atoms with Gasteiger partial charge in [0.2, 0.25) is 0 Å². The summed E-state index contributed by atoms with van der Waals surface area (Å²) in [5.41, 5.74) is -2.73. The number of anilines is 1. The van der Waals surface area contributed by atoms with E-state index in [0.29, 0.717) is 5.56 Å². The number of benzene rings is 2. The van der Waals surface area contributed by atoms with Gasteiger partial charge >= 0.3 is 12.4 Å². The van der Waals surface area contributed by atoms with Gasteiger partial charge in [-0.15, -0.1) is 0 Å². The van der Waals surface area contributed by atoms with E-state index in [0.717, 1.165) is 12.1 Å². The van der Waals surface area contributed by atoms with Crippen LogP contribution < -0.4 is 5.32 Å². The molecule has 0 aliphatic carbocycles. The monoisotopic (exact) mass is 424 g/mol. The van der Waals surface area contributed by atoms with Crippen molar-refractivity contribution in [3.8, 4) is 11.8 Å². The number of carbonyl (C=O) groups is 1. The summed E-state index contributed by atoms with van der Waals surface area (Å²) in [6.07, 6.45) is -10.1. The first kappa shape index (κ1) is 20.9. The van der Waals surface area contributed by atoms with Crippen molar-refractivity contribution in [1.29, 1.82) is 5.26 Å². The zero-order chi connectivity index (χ0) is 22.1. The Hall–Kier alpha value is -3.81. The van der Waals surface area contributed by atoms with Gasteiger partial charge in [0.05, 0.1) is 17.3 Å². The van der Waals surface area contributed by atoms with Crippen molar-refractivity contribution in [2.45, 2.75) is 12.4 Å². The van der Waals surface area contributed by atoms with Gasteiger partial charge in [-0.2, -0.15) is 36.7 Å². The molecule has 0 fully saturated rings. The van der Waals surface area contributed by atoms with E-state index in [4.69, 9.17) is 5.26 Å². The summed E-state index contributed by atoms with van der Waals surface area (Å²) >= 11 is 0. The molecule has 1 heterocycles. The molecular formula is C19H10F6N4O. The number of rotatable bonds is 3. The molecule has 0 aliphatic rings. The number of nitrogens with one attached hydrogen (secondary N) is 1. The Labute approximate surface area is 165 Å². The fourth-order valence-corrected chi connectivity index (χ4v) is 2.50. The lowest BCUT2D eigenvalue weighted by Gasteiger charge is -2.11. The van der Waals surface area contributed by atoms with Crippen LogP contribution in [0.15, 0.2) is 54.6 Å². The summed E-state index contributed by atoms with van der Waals surface area (Å²) < 4.78 is 77.9. The zero-order valence-corrected chi connectivity index (χ0v) is 14.7. The quantitative estimate of drug-likeness (QED) is 0.600. The van der Waals surface area contributed by atoms with Gasteiger partial charge in [-0.05, 0) is 48.5 Å². The number of amides is 1. The van der Waals surface area contributed by atoms with E-state index in [9.17, 15) is 31.1 Å². The molecule has 1 amide bonds. The predicted octanol–water partition coefficient (Wildman–Crippen LogP) is 5.03. The molecule has 0 unspecified atom stereocenters. The van der Waals surface area contributed by atoms with Gasteiger partial charge in [0.25, 0.3) is 5.91 Å². The van der Waals surface area contributed by atoms with Crippen LogP contribution in [0.1, 0.15) is 27.3 Å². The first-order valence-electron chi connectivity index (χ1n) is 8.15. The molecule has 0 saturated heterocycles. The van der Waals surface area contributed by atoms with Crippen molar-refractivity contribution in [2.75, 3.05) is 5.32 Å². The predicted molar refractivity (Wildman–Crippen MR) is 92.7 cm³/mol. The molecule has 0 radical (unpaired) electrons. The van der Waals surface area contributed by atoms with E-state index in [1.807, 2.05) is 6.07 Å². The third-order valence-electron chi connectivity index (χ3n) is 3.94. The molecule has 0 spiro atoms. The third kappa shape index (κ3) is 4.43. The van der Waals surface area contributed by atoms with Crippen molar-refractivity contribution in [2.24, 2.45) is 0 Å². The van der Waals surface area contributed by atoms with E-state index < -0.39 is 29.6 Å². The summed E-state index contributed by atoms with van der Waals surface area (Å²) in [6.45, 7) is 0. The van der Waals surface area contributed by atoms with Crippen molar-refractivity contribution in [3.63, 3.8) is 0 Å². The Bertz CT molecular complexity index is 1110. The van der Waals surface area contributed by atoms with Gasteiger partial charge in [-0.1, -0.05) is 0 Å². The maximum absolute atomic E-state index is 13.1. The smallest absolute Gasteiger partial charge is 0.322 e. The van der Waals surface area contributed by atoms with Crippen molar-refractivity contribution >= 4 is 11.6 Å². The first-order valence-corrected chi connectivity index (χ1v) is 8.15. The lowest BCUT2D eigenvalue weighted by atomic mass is 10.1. The number of halogens is 6. The van der Waals surface area contributed by atoms with Gasteiger partial charge in [0.1, 0.15) is 5.69 Å². The Kier molecular flexibility index (Phi) is 5.26. The summed E-state index contributed by atoms with van der Waals surface area (Å²) in [5.74, 6) is -0.540. The third-order valence-corrected chi connectivity index (χ3v) is 3.94. The Balaban J connectivity index is 1.86. The average Bonchev–Trinajstić information content (AvgIpc) is 3.15. The standard InChI is InChI=1S/C19H10F6N4O/c20-18(21,22)15-9-16(19(23,24)25)29(28-15)14-7-5-13(6-8-14)27-17(30)12-3-1-11(10-26)2-4-12/h1-9H,(H,27,30). The van der Waals surface area contributed by atoms with Crippen LogP contribution in [-0.2, 0) is 12.4 Å². The summed E-state index contributed by atoms with van der Waals surface area (Å²) in [4.78, 5) is 12.2. The highest BCUT2D eigenvalue weighted by atomic mass is 19.4. The molecule has 0 atom stereocenters. The summed E-state index contributed by atoms with van der Waals surface area (Å²) in [7, 11) is 0. The Morgan fingerprint density at radius 3 is 2.03 bits per heavy atom. The summed E-state index contributed by atoms with van der Waals surface area (Å²) in [5, 5.41) is 14.3. The number of nitriles is 1. The average molecular weight is 424 g/mol. The maximum atomic E-state index is 13.1. The minimum absolute atomic E-state index is 0.0689. The van der Waals surface area contributed by atoms with Crippen molar-refractivity contribution in [3.05, 3.63) is 77.1 Å². The van der Waals surface area contributed by atoms with E-state index in [1.54, 1.807) is 0 Å². The van der Waals surface area contributed by atoms with E-state index in [1.165, 1.54) is 36.4 Å². The number of hydrogen-bond acceptors (Lipinski definition) is 3. The second-order valence-corrected chi connectivity index (χ2v) is 6.01. The van der Waals surface area contributed by atoms with Crippen LogP contribution in [-0.4, -0.2) is 15.7 Å². The van der Waals surface area contributed by atoms with Crippen molar-refractivity contribution < 1.29 is 31.1 Å². The van der Waals surface area contributed by atoms with Gasteiger partial charge in [-0.3, -0.25) is 4.79 Å². The Morgan fingerprint density at radius 2 is 1.53 bits per heavy atom. The van der Waals surface area contributed by atoms with Gasteiger partial charge in [0.15, 0.2) is 5.69 Å². The first-order chi connectivity index (χ1) is 14.0. The lowest BCUT2D eigenvalue weighted by molar-refractivity contribution is -0.143. The topological polar surface area (TPSA) is 70.7 Å². The number of hydrogen-bond donors (Lipinski definition) is 1. The minimum Gasteiger partial charge on any atom is -0.322 e. The van der Waals surface area contributed by atoms with Crippen molar-refractivity contribution in [1.82, 2.24) is 9.78 Å². The SMILES string of the molecule is N#Cc1ccc(C(=O)Nc2ccc(-n3nc(C(F)(F)F)cc3C(F)(F)F)cc2)cc1. The van der Waals surface area contributed by atoms with Crippen LogP contribution in [0.3, 0.4) is 0 Å². The van der Waals surface area contributed by atoms with Crippen LogP contribution in [0.25, 0.3) is 5.69 Å². The highest BCUT2D eigenvalue weighted by molar-refractivity contribution is 6.04. The van der Waals surface area contributed by atoms with E-state index in [-0.39, 0.29) is 27.7 Å². The lowest BCUT2D eigenvalue weighted by Crippen LogP contribution is -2.14. The molecule has 3 rings (SSSR count). The van der Waals surface area contributed by atoms with E-state index >= 15 is 0 Å². The molecule has 1 aromatic heterocycles. The van der Waals surface area contributed by atoms with Gasteiger partial charge in [0, 0.05) is 17.3 Å². The van der Waals surface area contributed by atoms with Gasteiger partial charge < -0.3 is 5.32 Å². The number of aromatic nitrogens is 2. The second-order valence-electron chi connectivity index (χ2n) is 6.01. The maximum Gasteiger partial charge on any atom is 0.435 e. The number of carbonyl (C=O) groups excluding carboxylic acids is 1. The van der Waals surface area contributed by atoms with Crippen LogP contribution in [0.2, 0.25) is 0 Å². The fraction of sp³-hybridized carbons (Fsp3) is 0.105. The molecule has 0 bridgehead atoms. The molecule has 0 saturated carbocycles. The summed E-state index contributed by atoms with van der Waals surface area (Å²) in [6, 6.07) is 12.2. The highest BCUT2D eigenvalue weighted by Gasteiger charge is 2.42. The fourth-order valence-electron chi connectivity index (χ4n) is 2.50. The molecule has 30 heavy (non-hydrogen) atoms. The van der Waals surface area contributed by atoms with E-state index in [2.05, 4.69) is 10.4 Å². The van der Waals surface area contributed by atoms with Crippen LogP contribution in [0, 0.1) is 11.3 Å². The normalized spacial score (nSPS) is 11.8. The number of alkyl halides is 6. The van der Waals surface area contributed by atoms with Gasteiger partial charge in [-0.25, -0.2) is 4.68 Å². The molecule has 11 heteroatoms. The van der Waals surface area contributed by atoms with Crippen LogP contribution >= 0.6 is 0 Å². The molecule has 2 aromatic carbocycles. The van der Waals surface area contributed by atoms with Crippen LogP contribution in [0.5, 0.6) is 0 Å². The highest BCUT2D eigenvalue weighted by Crippen LogP contribution is 2.36. The molecule has 0 aliphatic heterocycles. The minimum atomic E-state index is -5.06. The molecule has 154 valence electrons. The number of nitrogens with zero attached hydrogens (tertiary/aromatic N) is 3. The molecule has 5 nitrogen and oxygen atoms in total.